The van der Waals surface area contributed by atoms with Crippen molar-refractivity contribution >= 4 is 16.9 Å². The van der Waals surface area contributed by atoms with Crippen LogP contribution in [-0.2, 0) is 19.5 Å². The first-order valence-electron chi connectivity index (χ1n) is 8.00. The molecule has 3 rings (SSSR count). The summed E-state index contributed by atoms with van der Waals surface area (Å²) < 4.78 is 22.1. The molecule has 0 unspecified atom stereocenters. The van der Waals surface area contributed by atoms with Crippen LogP contribution in [0.25, 0.3) is 11.0 Å². The van der Waals surface area contributed by atoms with Crippen LogP contribution in [0.15, 0.2) is 22.8 Å². The Kier molecular flexibility index (Phi) is 6.14. The molecule has 0 radical (unpaired) electrons. The summed E-state index contributed by atoms with van der Waals surface area (Å²) in [6, 6.07) is 3.66. The van der Waals surface area contributed by atoms with E-state index >= 15 is 0 Å². The maximum atomic E-state index is 14.9. The molecule has 0 atom stereocenters. The van der Waals surface area contributed by atoms with Crippen LogP contribution in [0.5, 0.6) is 0 Å². The molecule has 3 heterocycles. The van der Waals surface area contributed by atoms with Crippen LogP contribution in [0.1, 0.15) is 24.2 Å². The summed E-state index contributed by atoms with van der Waals surface area (Å²) in [7, 11) is 0. The van der Waals surface area contributed by atoms with Crippen molar-refractivity contribution in [2.45, 2.75) is 33.4 Å². The zero-order valence-corrected chi connectivity index (χ0v) is 14.4. The van der Waals surface area contributed by atoms with Crippen molar-refractivity contribution in [1.82, 2.24) is 14.5 Å². The molecule has 7 heteroatoms. The lowest BCUT2D eigenvalue weighted by Gasteiger charge is -2.08. The third kappa shape index (κ3) is 3.64. The fourth-order valence-corrected chi connectivity index (χ4v) is 2.78. The Morgan fingerprint density at radius 1 is 1.36 bits per heavy atom. The molecule has 3 aromatic heterocycles. The van der Waals surface area contributed by atoms with Gasteiger partial charge in [-0.05, 0) is 32.5 Å². The van der Waals surface area contributed by atoms with E-state index in [-0.39, 0.29) is 5.82 Å². The predicted molar refractivity (Wildman–Crippen MR) is 96.6 cm³/mol. The number of hydrogen-bond acceptors (Lipinski definition) is 5. The molecule has 3 N–H and O–H groups in total. The molecule has 6 nitrogen and oxygen atoms in total. The monoisotopic (exact) mass is 343 g/mol. The van der Waals surface area contributed by atoms with E-state index in [0.717, 1.165) is 5.76 Å². The highest BCUT2D eigenvalue weighted by Gasteiger charge is 2.21. The maximum Gasteiger partial charge on any atom is 0.157 e. The third-order valence-electron chi connectivity index (χ3n) is 3.76. The highest BCUT2D eigenvalue weighted by Crippen LogP contribution is 2.29. The number of aromatic nitrogens is 3. The minimum atomic E-state index is -0.297. The van der Waals surface area contributed by atoms with E-state index in [9.17, 15) is 4.39 Å². The van der Waals surface area contributed by atoms with Gasteiger partial charge in [0.1, 0.15) is 23.0 Å². The van der Waals surface area contributed by atoms with Gasteiger partial charge in [0.15, 0.2) is 5.82 Å². The van der Waals surface area contributed by atoms with E-state index < -0.39 is 0 Å². The first-order chi connectivity index (χ1) is 12.2. The summed E-state index contributed by atoms with van der Waals surface area (Å²) in [5.41, 5.74) is 6.80. The number of aryl methyl sites for hydroxylation is 2. The number of terminal acetylenes is 1. The van der Waals surface area contributed by atoms with Gasteiger partial charge in [-0.1, -0.05) is 0 Å². The fraction of sp³-hybridized carbons (Fsp3) is 0.333. The highest BCUT2D eigenvalue weighted by molar-refractivity contribution is 5.89. The van der Waals surface area contributed by atoms with Gasteiger partial charge >= 0.3 is 0 Å². The Balaban J connectivity index is 0.00000109. The van der Waals surface area contributed by atoms with Crippen molar-refractivity contribution in [2.75, 3.05) is 11.9 Å². The van der Waals surface area contributed by atoms with Crippen LogP contribution in [0.3, 0.4) is 0 Å². The summed E-state index contributed by atoms with van der Waals surface area (Å²) in [6.45, 7) is 5.21. The SMILES string of the molecule is C#C.CCn1c(CCN)c(F)c2c(NCc3ccco3)nc(C)nc21. The number of rotatable bonds is 6. The molecule has 25 heavy (non-hydrogen) atoms. The molecular weight excluding hydrogens is 321 g/mol. The Morgan fingerprint density at radius 3 is 2.72 bits per heavy atom. The number of halogens is 1. The summed E-state index contributed by atoms with van der Waals surface area (Å²) in [5, 5.41) is 3.56. The highest BCUT2D eigenvalue weighted by atomic mass is 19.1. The predicted octanol–water partition coefficient (Wildman–Crippen LogP) is 2.85. The van der Waals surface area contributed by atoms with Gasteiger partial charge in [0.2, 0.25) is 0 Å². The Morgan fingerprint density at radius 2 is 2.12 bits per heavy atom. The van der Waals surface area contributed by atoms with E-state index in [0.29, 0.717) is 54.4 Å². The first-order valence-corrected chi connectivity index (χ1v) is 8.00. The topological polar surface area (TPSA) is 81.9 Å². The van der Waals surface area contributed by atoms with Crippen molar-refractivity contribution in [3.63, 3.8) is 0 Å². The lowest BCUT2D eigenvalue weighted by molar-refractivity contribution is 0.518. The summed E-state index contributed by atoms with van der Waals surface area (Å²) in [5.74, 6) is 1.53. The molecule has 0 saturated heterocycles. The molecule has 0 aliphatic carbocycles. The lowest BCUT2D eigenvalue weighted by atomic mass is 10.2. The van der Waals surface area contributed by atoms with Crippen molar-refractivity contribution in [3.05, 3.63) is 41.5 Å². The average Bonchev–Trinajstić information content (AvgIpc) is 3.22. The lowest BCUT2D eigenvalue weighted by Crippen LogP contribution is -2.10. The minimum Gasteiger partial charge on any atom is -0.467 e. The number of fused-ring (bicyclic) bond motifs is 1. The van der Waals surface area contributed by atoms with Gasteiger partial charge in [0.25, 0.3) is 0 Å². The third-order valence-corrected chi connectivity index (χ3v) is 3.76. The molecule has 0 fully saturated rings. The normalized spacial score (nSPS) is 10.5. The van der Waals surface area contributed by atoms with Crippen LogP contribution in [0, 0.1) is 25.6 Å². The van der Waals surface area contributed by atoms with Gasteiger partial charge in [0.05, 0.1) is 23.9 Å². The maximum absolute atomic E-state index is 14.9. The fourth-order valence-electron chi connectivity index (χ4n) is 2.78. The van der Waals surface area contributed by atoms with Crippen molar-refractivity contribution in [2.24, 2.45) is 5.73 Å². The summed E-state index contributed by atoms with van der Waals surface area (Å²) in [4.78, 5) is 8.79. The van der Waals surface area contributed by atoms with Crippen molar-refractivity contribution < 1.29 is 8.81 Å². The van der Waals surface area contributed by atoms with Gasteiger partial charge in [-0.2, -0.15) is 0 Å². The molecule has 0 spiro atoms. The van der Waals surface area contributed by atoms with E-state index in [1.165, 1.54) is 0 Å². The first kappa shape index (κ1) is 18.5. The number of anilines is 1. The van der Waals surface area contributed by atoms with E-state index in [4.69, 9.17) is 10.2 Å². The van der Waals surface area contributed by atoms with Crippen LogP contribution in [0.4, 0.5) is 10.2 Å². The van der Waals surface area contributed by atoms with Gasteiger partial charge in [-0.15, -0.1) is 12.8 Å². The van der Waals surface area contributed by atoms with Crippen molar-refractivity contribution in [1.29, 1.82) is 0 Å². The van der Waals surface area contributed by atoms with E-state index in [2.05, 4.69) is 28.1 Å². The summed E-state index contributed by atoms with van der Waals surface area (Å²) >= 11 is 0. The van der Waals surface area contributed by atoms with E-state index in [1.54, 1.807) is 13.2 Å². The molecular formula is C18H22FN5O. The molecule has 132 valence electrons. The second kappa shape index (κ2) is 8.31. The molecule has 0 bridgehead atoms. The van der Waals surface area contributed by atoms with Crippen LogP contribution in [-0.4, -0.2) is 21.1 Å². The number of hydrogen-bond donors (Lipinski definition) is 2. The molecule has 0 aromatic carbocycles. The van der Waals surface area contributed by atoms with Crippen LogP contribution in [0.2, 0.25) is 0 Å². The molecule has 3 aromatic rings. The largest absolute Gasteiger partial charge is 0.467 e. The Hall–Kier alpha value is -2.85. The Bertz CT molecular complexity index is 852. The quantitative estimate of drug-likeness (QED) is 0.673. The number of nitrogens with one attached hydrogen (secondary N) is 1. The van der Waals surface area contributed by atoms with Crippen molar-refractivity contribution in [3.8, 4) is 12.8 Å². The zero-order chi connectivity index (χ0) is 18.4. The van der Waals surface area contributed by atoms with Crippen LogP contribution < -0.4 is 11.1 Å². The standard InChI is InChI=1S/C16H20FN5O.C2H2/c1-3-22-12(6-7-18)14(17)13-15(20-10(2)21-16(13)22)19-9-11-5-4-8-23-11;1-2/h4-5,8H,3,6-7,9,18H2,1-2H3,(H,19,20,21);1-2H. The molecule has 0 saturated carbocycles. The number of furan rings is 1. The Labute approximate surface area is 146 Å². The molecule has 0 aliphatic rings. The second-order valence-electron chi connectivity index (χ2n) is 5.29. The van der Waals surface area contributed by atoms with Gasteiger partial charge < -0.3 is 20.0 Å². The smallest absolute Gasteiger partial charge is 0.157 e. The molecule has 0 aliphatic heterocycles. The average molecular weight is 343 g/mol. The number of nitrogens with two attached hydrogens (primary N) is 1. The molecule has 0 amide bonds. The van der Waals surface area contributed by atoms with Gasteiger partial charge in [0, 0.05) is 13.0 Å². The number of nitrogens with zero attached hydrogens (tertiary/aromatic N) is 3. The zero-order valence-electron chi connectivity index (χ0n) is 14.4. The van der Waals surface area contributed by atoms with E-state index in [1.807, 2.05) is 23.6 Å². The van der Waals surface area contributed by atoms with Gasteiger partial charge in [-0.3, -0.25) is 0 Å². The summed E-state index contributed by atoms with van der Waals surface area (Å²) in [6.07, 6.45) is 10.1. The van der Waals surface area contributed by atoms with Crippen LogP contribution >= 0.6 is 0 Å². The minimum absolute atomic E-state index is 0.297. The second-order valence-corrected chi connectivity index (χ2v) is 5.29. The van der Waals surface area contributed by atoms with Gasteiger partial charge in [-0.25, -0.2) is 14.4 Å².